The Morgan fingerprint density at radius 1 is 1.24 bits per heavy atom. The van der Waals surface area contributed by atoms with Gasteiger partial charge in [-0.3, -0.25) is 0 Å². The fraction of sp³-hybridized carbons (Fsp3) is 0.167. The molecule has 0 aliphatic heterocycles. The molecule has 0 bridgehead atoms. The molecule has 0 saturated heterocycles. The maximum atomic E-state index is 13.4. The Kier molecular flexibility index (Phi) is 3.69. The highest BCUT2D eigenvalue weighted by atomic mass is 35.5. The fourth-order valence-corrected chi connectivity index (χ4v) is 2.18. The summed E-state index contributed by atoms with van der Waals surface area (Å²) in [5.41, 5.74) is 0.777. The van der Waals surface area contributed by atoms with Crippen molar-refractivity contribution in [2.75, 3.05) is 0 Å². The summed E-state index contributed by atoms with van der Waals surface area (Å²) in [4.78, 5) is 0. The first-order valence-electron chi connectivity index (χ1n) is 4.89. The quantitative estimate of drug-likeness (QED) is 0.739. The summed E-state index contributed by atoms with van der Waals surface area (Å²) < 4.78 is 31.3. The molecule has 0 amide bonds. The van der Waals surface area contributed by atoms with E-state index >= 15 is 0 Å². The van der Waals surface area contributed by atoms with Crippen LogP contribution in [0.15, 0.2) is 34.9 Å². The van der Waals surface area contributed by atoms with E-state index in [0.29, 0.717) is 5.56 Å². The molecule has 2 rings (SSSR count). The molecule has 1 heterocycles. The Balaban J connectivity index is 2.22. The second-order valence-electron chi connectivity index (χ2n) is 3.53. The van der Waals surface area contributed by atoms with E-state index in [-0.39, 0.29) is 17.2 Å². The maximum Gasteiger partial charge on any atom is 0.197 e. The van der Waals surface area contributed by atoms with Crippen LogP contribution < -0.4 is 0 Å². The van der Waals surface area contributed by atoms with Crippen LogP contribution in [0.25, 0.3) is 0 Å². The molecule has 0 radical (unpaired) electrons. The van der Waals surface area contributed by atoms with E-state index < -0.39 is 17.0 Å². The normalized spacial score (nSPS) is 12.7. The van der Waals surface area contributed by atoms with E-state index in [0.717, 1.165) is 6.07 Å². The van der Waals surface area contributed by atoms with Gasteiger partial charge in [-0.05, 0) is 35.7 Å². The molecule has 0 aliphatic rings. The largest absolute Gasteiger partial charge is 0.453 e. The van der Waals surface area contributed by atoms with Gasteiger partial charge in [0, 0.05) is 5.56 Å². The third-order valence-electron chi connectivity index (χ3n) is 2.41. The molecule has 5 heteroatoms. The van der Waals surface area contributed by atoms with Crippen molar-refractivity contribution in [2.24, 2.45) is 0 Å². The lowest BCUT2D eigenvalue weighted by atomic mass is 10.1. The summed E-state index contributed by atoms with van der Waals surface area (Å²) in [6.45, 7) is 0. The fourth-order valence-electron chi connectivity index (χ4n) is 1.54. The Hall–Kier alpha value is -1.06. The molecule has 1 nitrogen and oxygen atoms in total. The van der Waals surface area contributed by atoms with Gasteiger partial charge >= 0.3 is 0 Å². The number of hydrogen-bond donors (Lipinski definition) is 0. The highest BCUT2D eigenvalue weighted by Crippen LogP contribution is 2.32. The molecule has 0 saturated carbocycles. The minimum Gasteiger partial charge on any atom is -0.453 e. The predicted octanol–water partition coefficient (Wildman–Crippen LogP) is 4.73. The molecular weight excluding hydrogens is 269 g/mol. The zero-order valence-corrected chi connectivity index (χ0v) is 10.1. The number of rotatable bonds is 3. The molecule has 90 valence electrons. The van der Waals surface area contributed by atoms with Crippen LogP contribution in [-0.2, 0) is 6.42 Å². The van der Waals surface area contributed by atoms with Crippen molar-refractivity contribution in [3.8, 4) is 0 Å². The molecular formula is C12H8Cl2F2O. The van der Waals surface area contributed by atoms with Crippen LogP contribution in [0.1, 0.15) is 16.5 Å². The number of hydrogen-bond acceptors (Lipinski definition) is 1. The zero-order chi connectivity index (χ0) is 12.4. The molecule has 1 unspecified atom stereocenters. The van der Waals surface area contributed by atoms with Gasteiger partial charge in [0.2, 0.25) is 0 Å². The van der Waals surface area contributed by atoms with Crippen molar-refractivity contribution in [3.63, 3.8) is 0 Å². The van der Waals surface area contributed by atoms with Gasteiger partial charge in [0.15, 0.2) is 16.9 Å². The van der Waals surface area contributed by atoms with Gasteiger partial charge in [-0.2, -0.15) is 0 Å². The van der Waals surface area contributed by atoms with Gasteiger partial charge in [0.25, 0.3) is 0 Å². The Bertz CT molecular complexity index is 525. The van der Waals surface area contributed by atoms with Crippen molar-refractivity contribution in [3.05, 3.63) is 58.5 Å². The monoisotopic (exact) mass is 276 g/mol. The average Bonchev–Trinajstić information content (AvgIpc) is 2.71. The van der Waals surface area contributed by atoms with E-state index in [1.54, 1.807) is 6.07 Å². The standard InChI is InChI=1S/C12H8Cl2F2O/c13-9(8-4-5-17-12(8)14)6-7-2-1-3-10(15)11(7)16/h1-5,9H,6H2. The molecule has 1 aromatic carbocycles. The van der Waals surface area contributed by atoms with Gasteiger partial charge in [0.05, 0.1) is 11.6 Å². The molecule has 0 aliphatic carbocycles. The molecule has 2 aromatic rings. The Labute approximate surface area is 107 Å². The van der Waals surface area contributed by atoms with Gasteiger partial charge in [-0.15, -0.1) is 11.6 Å². The highest BCUT2D eigenvalue weighted by Gasteiger charge is 2.17. The first kappa shape index (κ1) is 12.4. The van der Waals surface area contributed by atoms with Crippen LogP contribution in [0.4, 0.5) is 8.78 Å². The average molecular weight is 277 g/mol. The van der Waals surface area contributed by atoms with E-state index in [9.17, 15) is 8.78 Å². The van der Waals surface area contributed by atoms with Crippen LogP contribution in [-0.4, -0.2) is 0 Å². The summed E-state index contributed by atoms with van der Waals surface area (Å²) >= 11 is 11.8. The van der Waals surface area contributed by atoms with Gasteiger partial charge in [-0.25, -0.2) is 8.78 Å². The Morgan fingerprint density at radius 2 is 2.00 bits per heavy atom. The van der Waals surface area contributed by atoms with Crippen LogP contribution in [0.3, 0.4) is 0 Å². The third kappa shape index (κ3) is 2.61. The van der Waals surface area contributed by atoms with Crippen LogP contribution >= 0.6 is 23.2 Å². The number of benzene rings is 1. The summed E-state index contributed by atoms with van der Waals surface area (Å²) in [6.07, 6.45) is 1.54. The topological polar surface area (TPSA) is 13.1 Å². The van der Waals surface area contributed by atoms with Crippen LogP contribution in [0.5, 0.6) is 0 Å². The minimum absolute atomic E-state index is 0.143. The number of alkyl halides is 1. The molecule has 0 N–H and O–H groups in total. The molecule has 0 spiro atoms. The summed E-state index contributed by atoms with van der Waals surface area (Å²) in [5.74, 6) is -1.76. The van der Waals surface area contributed by atoms with Crippen molar-refractivity contribution in [1.29, 1.82) is 0 Å². The molecule has 1 aromatic heterocycles. The SMILES string of the molecule is Fc1cccc(CC(Cl)c2ccoc2Cl)c1F. The van der Waals surface area contributed by atoms with Crippen LogP contribution in [0.2, 0.25) is 5.22 Å². The van der Waals surface area contributed by atoms with E-state index in [1.807, 2.05) is 0 Å². The Morgan fingerprint density at radius 3 is 2.65 bits per heavy atom. The number of furan rings is 1. The van der Waals surface area contributed by atoms with Crippen molar-refractivity contribution in [2.45, 2.75) is 11.8 Å². The highest BCUT2D eigenvalue weighted by molar-refractivity contribution is 6.31. The predicted molar refractivity (Wildman–Crippen MR) is 62.4 cm³/mol. The summed E-state index contributed by atoms with van der Waals surface area (Å²) in [7, 11) is 0. The van der Waals surface area contributed by atoms with Crippen LogP contribution in [0, 0.1) is 11.6 Å². The molecule has 0 fully saturated rings. The third-order valence-corrected chi connectivity index (χ3v) is 3.11. The van der Waals surface area contributed by atoms with Gasteiger partial charge in [0.1, 0.15) is 0 Å². The molecule has 17 heavy (non-hydrogen) atoms. The molecule has 1 atom stereocenters. The van der Waals surface area contributed by atoms with E-state index in [2.05, 4.69) is 0 Å². The second-order valence-corrected chi connectivity index (χ2v) is 4.40. The summed E-state index contributed by atoms with van der Waals surface area (Å²) in [5, 5.41) is -0.389. The zero-order valence-electron chi connectivity index (χ0n) is 8.59. The van der Waals surface area contributed by atoms with E-state index in [1.165, 1.54) is 18.4 Å². The lowest BCUT2D eigenvalue weighted by molar-refractivity contribution is 0.498. The second kappa shape index (κ2) is 5.07. The van der Waals surface area contributed by atoms with Gasteiger partial charge in [-0.1, -0.05) is 12.1 Å². The first-order valence-corrected chi connectivity index (χ1v) is 5.71. The maximum absolute atomic E-state index is 13.4. The first-order chi connectivity index (χ1) is 8.09. The van der Waals surface area contributed by atoms with Gasteiger partial charge < -0.3 is 4.42 Å². The minimum atomic E-state index is -0.885. The van der Waals surface area contributed by atoms with Crippen molar-refractivity contribution in [1.82, 2.24) is 0 Å². The lowest BCUT2D eigenvalue weighted by Crippen LogP contribution is -1.99. The van der Waals surface area contributed by atoms with E-state index in [4.69, 9.17) is 27.6 Å². The number of halogens is 4. The lowest BCUT2D eigenvalue weighted by Gasteiger charge is -2.09. The smallest absolute Gasteiger partial charge is 0.197 e. The van der Waals surface area contributed by atoms with Crippen molar-refractivity contribution < 1.29 is 13.2 Å². The van der Waals surface area contributed by atoms with Crippen molar-refractivity contribution >= 4 is 23.2 Å². The summed E-state index contributed by atoms with van der Waals surface area (Å²) in [6, 6.07) is 5.60.